The van der Waals surface area contributed by atoms with Gasteiger partial charge in [-0.3, -0.25) is 4.98 Å². The minimum atomic E-state index is -3.54. The Balaban J connectivity index is 3.04. The number of aromatic nitrogens is 1. The molecule has 84 valence electrons. The zero-order valence-corrected chi connectivity index (χ0v) is 9.48. The molecule has 0 saturated heterocycles. The number of pyridine rings is 1. The van der Waals surface area contributed by atoms with E-state index in [0.717, 1.165) is 4.31 Å². The third-order valence-corrected chi connectivity index (χ3v) is 4.15. The van der Waals surface area contributed by atoms with E-state index in [2.05, 4.69) is 4.98 Å². The maximum absolute atomic E-state index is 11.9. The molecule has 6 heteroatoms. The Labute approximate surface area is 89.4 Å². The van der Waals surface area contributed by atoms with E-state index >= 15 is 0 Å². The molecule has 5 nitrogen and oxygen atoms in total. The molecular formula is C9H14N2O3S. The second-order valence-corrected chi connectivity index (χ2v) is 5.24. The molecule has 15 heavy (non-hydrogen) atoms. The monoisotopic (exact) mass is 230 g/mol. The molecule has 0 aromatic carbocycles. The summed E-state index contributed by atoms with van der Waals surface area (Å²) in [4.78, 5) is 3.88. The number of nitrogens with zero attached hydrogens (tertiary/aromatic N) is 2. The number of aliphatic hydroxyl groups excluding tert-OH is 1. The van der Waals surface area contributed by atoms with E-state index in [1.54, 1.807) is 13.0 Å². The fraction of sp³-hybridized carbons (Fsp3) is 0.444. The molecule has 1 heterocycles. The van der Waals surface area contributed by atoms with Crippen molar-refractivity contribution in [2.24, 2.45) is 0 Å². The van der Waals surface area contributed by atoms with Crippen molar-refractivity contribution < 1.29 is 13.5 Å². The van der Waals surface area contributed by atoms with Gasteiger partial charge in [0.05, 0.1) is 6.61 Å². The van der Waals surface area contributed by atoms with Gasteiger partial charge in [0.2, 0.25) is 10.0 Å². The van der Waals surface area contributed by atoms with Gasteiger partial charge < -0.3 is 5.11 Å². The molecule has 1 unspecified atom stereocenters. The summed E-state index contributed by atoms with van der Waals surface area (Å²) in [5, 5.41) is 8.89. The zero-order valence-electron chi connectivity index (χ0n) is 8.66. The van der Waals surface area contributed by atoms with Gasteiger partial charge in [0.1, 0.15) is 4.90 Å². The van der Waals surface area contributed by atoms with Crippen LogP contribution in [0, 0.1) is 0 Å². The van der Waals surface area contributed by atoms with Gasteiger partial charge >= 0.3 is 0 Å². The Morgan fingerprint density at radius 1 is 1.60 bits per heavy atom. The fourth-order valence-electron chi connectivity index (χ4n) is 1.02. The van der Waals surface area contributed by atoms with E-state index in [1.807, 2.05) is 0 Å². The first kappa shape index (κ1) is 12.1. The highest BCUT2D eigenvalue weighted by atomic mass is 32.2. The highest BCUT2D eigenvalue weighted by Crippen LogP contribution is 2.14. The van der Waals surface area contributed by atoms with Crippen LogP contribution in [0.4, 0.5) is 0 Å². The smallest absolute Gasteiger partial charge is 0.244 e. The van der Waals surface area contributed by atoms with Crippen molar-refractivity contribution in [3.63, 3.8) is 0 Å². The van der Waals surface area contributed by atoms with Gasteiger partial charge in [0, 0.05) is 25.5 Å². The predicted molar refractivity (Wildman–Crippen MR) is 55.7 cm³/mol. The van der Waals surface area contributed by atoms with Gasteiger partial charge in [-0.15, -0.1) is 0 Å². The minimum absolute atomic E-state index is 0.132. The van der Waals surface area contributed by atoms with Crippen LogP contribution in [0.2, 0.25) is 0 Å². The van der Waals surface area contributed by atoms with E-state index in [9.17, 15) is 8.42 Å². The number of sulfonamides is 1. The largest absolute Gasteiger partial charge is 0.395 e. The number of hydrogen-bond donors (Lipinski definition) is 1. The van der Waals surface area contributed by atoms with Crippen molar-refractivity contribution >= 4 is 10.0 Å². The van der Waals surface area contributed by atoms with Crippen molar-refractivity contribution in [3.05, 3.63) is 24.5 Å². The molecule has 0 amide bonds. The maximum atomic E-state index is 11.9. The number of hydrogen-bond acceptors (Lipinski definition) is 4. The van der Waals surface area contributed by atoms with Crippen molar-refractivity contribution in [2.45, 2.75) is 17.9 Å². The summed E-state index contributed by atoms with van der Waals surface area (Å²) in [6.45, 7) is 1.42. The summed E-state index contributed by atoms with van der Waals surface area (Å²) >= 11 is 0. The highest BCUT2D eigenvalue weighted by molar-refractivity contribution is 7.89. The summed E-state index contributed by atoms with van der Waals surface area (Å²) in [7, 11) is -2.11. The lowest BCUT2D eigenvalue weighted by Gasteiger charge is -2.22. The molecule has 1 rings (SSSR count). The maximum Gasteiger partial charge on any atom is 0.244 e. The van der Waals surface area contributed by atoms with Gasteiger partial charge in [0.25, 0.3) is 0 Å². The Kier molecular flexibility index (Phi) is 3.78. The predicted octanol–water partition coefficient (Wildman–Crippen LogP) is 0.0829. The second-order valence-electron chi connectivity index (χ2n) is 3.24. The lowest BCUT2D eigenvalue weighted by molar-refractivity contribution is 0.214. The van der Waals surface area contributed by atoms with Crippen LogP contribution in [0.15, 0.2) is 29.4 Å². The molecule has 0 aliphatic heterocycles. The van der Waals surface area contributed by atoms with Crippen molar-refractivity contribution in [3.8, 4) is 0 Å². The summed E-state index contributed by atoms with van der Waals surface area (Å²) in [5.41, 5.74) is 0. The van der Waals surface area contributed by atoms with Crippen LogP contribution in [-0.2, 0) is 10.0 Å². The molecule has 0 aliphatic carbocycles. The minimum Gasteiger partial charge on any atom is -0.395 e. The molecule has 0 radical (unpaired) electrons. The average Bonchev–Trinajstić information content (AvgIpc) is 2.28. The van der Waals surface area contributed by atoms with Crippen LogP contribution >= 0.6 is 0 Å². The van der Waals surface area contributed by atoms with Crippen LogP contribution in [0.5, 0.6) is 0 Å². The van der Waals surface area contributed by atoms with Crippen molar-refractivity contribution in [2.75, 3.05) is 13.7 Å². The first-order valence-corrected chi connectivity index (χ1v) is 5.93. The Morgan fingerprint density at radius 3 is 2.73 bits per heavy atom. The SMILES string of the molecule is CC(CO)N(C)S(=O)(=O)c1cccnc1. The van der Waals surface area contributed by atoms with Gasteiger partial charge in [-0.2, -0.15) is 4.31 Å². The third kappa shape index (κ3) is 2.53. The quantitative estimate of drug-likeness (QED) is 0.795. The van der Waals surface area contributed by atoms with Gasteiger partial charge in [-0.25, -0.2) is 8.42 Å². The van der Waals surface area contributed by atoms with E-state index in [1.165, 1.54) is 25.5 Å². The van der Waals surface area contributed by atoms with E-state index in [4.69, 9.17) is 5.11 Å². The number of rotatable bonds is 4. The molecule has 1 N–H and O–H groups in total. The van der Waals surface area contributed by atoms with Crippen LogP contribution in [0.1, 0.15) is 6.92 Å². The van der Waals surface area contributed by atoms with E-state index in [0.29, 0.717) is 0 Å². The molecule has 0 spiro atoms. The summed E-state index contributed by atoms with van der Waals surface area (Å²) in [6, 6.07) is 2.59. The molecule has 0 saturated carbocycles. The van der Waals surface area contributed by atoms with Crippen LogP contribution in [0.25, 0.3) is 0 Å². The molecule has 1 aromatic heterocycles. The lowest BCUT2D eigenvalue weighted by atomic mass is 10.4. The van der Waals surface area contributed by atoms with E-state index in [-0.39, 0.29) is 11.5 Å². The standard InChI is InChI=1S/C9H14N2O3S/c1-8(7-12)11(2)15(13,14)9-4-3-5-10-6-9/h3-6,8,12H,7H2,1-2H3. The van der Waals surface area contributed by atoms with Crippen LogP contribution < -0.4 is 0 Å². The summed E-state index contributed by atoms with van der Waals surface area (Å²) in [6.07, 6.45) is 2.80. The van der Waals surface area contributed by atoms with Gasteiger partial charge in [-0.1, -0.05) is 0 Å². The van der Waals surface area contributed by atoms with Crippen LogP contribution in [0.3, 0.4) is 0 Å². The number of likely N-dealkylation sites (N-methyl/N-ethyl adjacent to an activating group) is 1. The molecule has 0 fully saturated rings. The second kappa shape index (κ2) is 4.69. The molecule has 0 aliphatic rings. The summed E-state index contributed by atoms with van der Waals surface area (Å²) in [5.74, 6) is 0. The van der Waals surface area contributed by atoms with Gasteiger partial charge in [-0.05, 0) is 19.1 Å². The normalized spacial score (nSPS) is 14.1. The van der Waals surface area contributed by atoms with Crippen molar-refractivity contribution in [1.82, 2.24) is 9.29 Å². The van der Waals surface area contributed by atoms with Gasteiger partial charge in [0.15, 0.2) is 0 Å². The first-order valence-electron chi connectivity index (χ1n) is 4.49. The average molecular weight is 230 g/mol. The number of aliphatic hydroxyl groups is 1. The topological polar surface area (TPSA) is 70.5 Å². The zero-order chi connectivity index (χ0) is 11.5. The molecule has 1 atom stereocenters. The molecule has 0 bridgehead atoms. The molecule has 1 aromatic rings. The van der Waals surface area contributed by atoms with Crippen molar-refractivity contribution in [1.29, 1.82) is 0 Å². The molecular weight excluding hydrogens is 216 g/mol. The summed E-state index contributed by atoms with van der Waals surface area (Å²) < 4.78 is 24.9. The van der Waals surface area contributed by atoms with E-state index < -0.39 is 16.1 Å². The highest BCUT2D eigenvalue weighted by Gasteiger charge is 2.24. The Bertz CT molecular complexity index is 405. The van der Waals surface area contributed by atoms with Crippen LogP contribution in [-0.4, -0.2) is 42.5 Å². The Morgan fingerprint density at radius 2 is 2.27 bits per heavy atom. The first-order chi connectivity index (χ1) is 7.00. The lowest BCUT2D eigenvalue weighted by Crippen LogP contribution is -2.37. The Hall–Kier alpha value is -0.980. The third-order valence-electron chi connectivity index (χ3n) is 2.20. The fourth-order valence-corrected chi connectivity index (χ4v) is 2.34.